The first-order chi connectivity index (χ1) is 14.9. The zero-order chi connectivity index (χ0) is 21.8. The molecule has 0 saturated carbocycles. The summed E-state index contributed by atoms with van der Waals surface area (Å²) in [5.41, 5.74) is 2.40. The topological polar surface area (TPSA) is 93.7 Å². The van der Waals surface area contributed by atoms with E-state index in [1.807, 2.05) is 19.1 Å². The molecular weight excluding hydrogens is 416 g/mol. The van der Waals surface area contributed by atoms with Crippen molar-refractivity contribution < 1.29 is 22.7 Å². The number of amides is 1. The second kappa shape index (κ2) is 8.69. The first kappa shape index (κ1) is 20.7. The quantitative estimate of drug-likeness (QED) is 0.622. The third-order valence-electron chi connectivity index (χ3n) is 4.81. The fraction of sp³-hybridized carbons (Fsp3) is 0.174. The molecule has 3 aromatic rings. The lowest BCUT2D eigenvalue weighted by Crippen LogP contribution is -2.14. The molecule has 3 aromatic carbocycles. The molecule has 1 aliphatic rings. The highest BCUT2D eigenvalue weighted by atomic mass is 32.2. The molecule has 0 aromatic heterocycles. The standard InChI is InChI=1S/C23H22N2O5S/c1-16-5-2-3-6-20(16)23(26)24-17-7-9-18(10-8-17)25-31(27,28)19-11-12-21-22(15-19)30-14-4-13-29-21/h2-3,5-12,15,25H,4,13-14H2,1H3,(H,24,26). The lowest BCUT2D eigenvalue weighted by molar-refractivity contribution is 0.102. The molecule has 0 saturated heterocycles. The van der Waals surface area contributed by atoms with Crippen molar-refractivity contribution in [2.45, 2.75) is 18.2 Å². The summed E-state index contributed by atoms with van der Waals surface area (Å²) >= 11 is 0. The van der Waals surface area contributed by atoms with Crippen LogP contribution in [0.4, 0.5) is 11.4 Å². The fourth-order valence-corrected chi connectivity index (χ4v) is 4.25. The van der Waals surface area contributed by atoms with E-state index in [-0.39, 0.29) is 10.8 Å². The minimum absolute atomic E-state index is 0.0775. The van der Waals surface area contributed by atoms with Gasteiger partial charge in [-0.3, -0.25) is 9.52 Å². The number of anilines is 2. The summed E-state index contributed by atoms with van der Waals surface area (Å²) in [6.45, 7) is 2.87. The Morgan fingerprint density at radius 3 is 2.29 bits per heavy atom. The summed E-state index contributed by atoms with van der Waals surface area (Å²) in [6, 6.07) is 18.3. The van der Waals surface area contributed by atoms with Crippen molar-refractivity contribution in [2.75, 3.05) is 23.3 Å². The maximum absolute atomic E-state index is 12.8. The normalized spacial score (nSPS) is 13.2. The summed E-state index contributed by atoms with van der Waals surface area (Å²) in [6.07, 6.45) is 0.738. The van der Waals surface area contributed by atoms with Gasteiger partial charge in [0.05, 0.1) is 18.1 Å². The Hall–Kier alpha value is -3.52. The van der Waals surface area contributed by atoms with Gasteiger partial charge in [0.1, 0.15) is 0 Å². The number of rotatable bonds is 5. The predicted octanol–water partition coefficient (Wildman–Crippen LogP) is 4.21. The lowest BCUT2D eigenvalue weighted by atomic mass is 10.1. The van der Waals surface area contributed by atoms with E-state index in [0.29, 0.717) is 41.7 Å². The summed E-state index contributed by atoms with van der Waals surface area (Å²) in [4.78, 5) is 12.5. The van der Waals surface area contributed by atoms with E-state index in [0.717, 1.165) is 12.0 Å². The van der Waals surface area contributed by atoms with Gasteiger partial charge in [-0.05, 0) is 55.0 Å². The average molecular weight is 439 g/mol. The first-order valence-corrected chi connectivity index (χ1v) is 11.3. The van der Waals surface area contributed by atoms with Crippen molar-refractivity contribution in [1.29, 1.82) is 0 Å². The molecule has 1 aliphatic heterocycles. The molecule has 0 aliphatic carbocycles. The maximum atomic E-state index is 12.8. The van der Waals surface area contributed by atoms with Crippen molar-refractivity contribution in [3.63, 3.8) is 0 Å². The molecule has 1 amide bonds. The summed E-state index contributed by atoms with van der Waals surface area (Å²) in [7, 11) is -3.82. The van der Waals surface area contributed by atoms with Crippen LogP contribution in [0.25, 0.3) is 0 Å². The highest BCUT2D eigenvalue weighted by Gasteiger charge is 2.19. The van der Waals surface area contributed by atoms with Gasteiger partial charge in [-0.25, -0.2) is 8.42 Å². The Balaban J connectivity index is 1.46. The molecule has 0 spiro atoms. The molecule has 1 heterocycles. The van der Waals surface area contributed by atoms with Crippen LogP contribution in [0.15, 0.2) is 71.6 Å². The molecule has 0 atom stereocenters. The van der Waals surface area contributed by atoms with E-state index in [4.69, 9.17) is 9.47 Å². The zero-order valence-corrected chi connectivity index (χ0v) is 17.7. The zero-order valence-electron chi connectivity index (χ0n) is 16.9. The van der Waals surface area contributed by atoms with Gasteiger partial charge in [-0.15, -0.1) is 0 Å². The number of carbonyl (C=O) groups excluding carboxylic acids is 1. The minimum Gasteiger partial charge on any atom is -0.490 e. The van der Waals surface area contributed by atoms with Gasteiger partial charge in [-0.1, -0.05) is 18.2 Å². The number of aryl methyl sites for hydroxylation is 1. The second-order valence-corrected chi connectivity index (χ2v) is 8.79. The van der Waals surface area contributed by atoms with Crippen molar-refractivity contribution in [2.24, 2.45) is 0 Å². The second-order valence-electron chi connectivity index (χ2n) is 7.11. The molecule has 31 heavy (non-hydrogen) atoms. The van der Waals surface area contributed by atoms with Gasteiger partial charge in [0.25, 0.3) is 15.9 Å². The smallest absolute Gasteiger partial charge is 0.262 e. The number of hydrogen-bond donors (Lipinski definition) is 2. The largest absolute Gasteiger partial charge is 0.490 e. The Bertz CT molecular complexity index is 1210. The number of sulfonamides is 1. The molecule has 2 N–H and O–H groups in total. The van der Waals surface area contributed by atoms with Crippen LogP contribution in [0.1, 0.15) is 22.3 Å². The average Bonchev–Trinajstić information content (AvgIpc) is 3.00. The number of fused-ring (bicyclic) bond motifs is 1. The van der Waals surface area contributed by atoms with Crippen LogP contribution < -0.4 is 19.5 Å². The first-order valence-electron chi connectivity index (χ1n) is 9.82. The molecular formula is C23H22N2O5S. The van der Waals surface area contributed by atoms with E-state index in [2.05, 4.69) is 10.0 Å². The molecule has 8 heteroatoms. The monoisotopic (exact) mass is 438 g/mol. The molecule has 0 radical (unpaired) electrons. The summed E-state index contributed by atoms with van der Waals surface area (Å²) < 4.78 is 39.2. The van der Waals surface area contributed by atoms with Crippen LogP contribution in [0.3, 0.4) is 0 Å². The summed E-state index contributed by atoms with van der Waals surface area (Å²) in [5.74, 6) is 0.721. The summed E-state index contributed by atoms with van der Waals surface area (Å²) in [5, 5.41) is 2.81. The highest BCUT2D eigenvalue weighted by molar-refractivity contribution is 7.92. The molecule has 0 fully saturated rings. The van der Waals surface area contributed by atoms with Crippen molar-refractivity contribution >= 4 is 27.3 Å². The van der Waals surface area contributed by atoms with Gasteiger partial charge < -0.3 is 14.8 Å². The SMILES string of the molecule is Cc1ccccc1C(=O)Nc1ccc(NS(=O)(=O)c2ccc3c(c2)OCCCO3)cc1. The Kier molecular flexibility index (Phi) is 5.81. The van der Waals surface area contributed by atoms with E-state index in [9.17, 15) is 13.2 Å². The Morgan fingerprint density at radius 2 is 1.55 bits per heavy atom. The van der Waals surface area contributed by atoms with Crippen LogP contribution in [-0.2, 0) is 10.0 Å². The molecule has 160 valence electrons. The van der Waals surface area contributed by atoms with Crippen LogP contribution in [0.2, 0.25) is 0 Å². The van der Waals surface area contributed by atoms with Gasteiger partial charge in [0, 0.05) is 29.4 Å². The van der Waals surface area contributed by atoms with E-state index < -0.39 is 10.0 Å². The van der Waals surface area contributed by atoms with Crippen molar-refractivity contribution in [1.82, 2.24) is 0 Å². The van der Waals surface area contributed by atoms with E-state index >= 15 is 0 Å². The van der Waals surface area contributed by atoms with Gasteiger partial charge >= 0.3 is 0 Å². The molecule has 7 nitrogen and oxygen atoms in total. The Labute approximate surface area is 181 Å². The molecule has 0 unspecified atom stereocenters. The Morgan fingerprint density at radius 1 is 0.871 bits per heavy atom. The van der Waals surface area contributed by atoms with Gasteiger partial charge in [0.15, 0.2) is 11.5 Å². The van der Waals surface area contributed by atoms with Gasteiger partial charge in [0.2, 0.25) is 0 Å². The minimum atomic E-state index is -3.82. The molecule has 4 rings (SSSR count). The van der Waals surface area contributed by atoms with Crippen LogP contribution in [0, 0.1) is 6.92 Å². The van der Waals surface area contributed by atoms with Gasteiger partial charge in [-0.2, -0.15) is 0 Å². The van der Waals surface area contributed by atoms with Crippen LogP contribution in [-0.4, -0.2) is 27.5 Å². The number of hydrogen-bond acceptors (Lipinski definition) is 5. The number of benzene rings is 3. The van der Waals surface area contributed by atoms with Crippen molar-refractivity contribution in [3.8, 4) is 11.5 Å². The third kappa shape index (κ3) is 4.80. The fourth-order valence-electron chi connectivity index (χ4n) is 3.17. The number of carbonyl (C=O) groups is 1. The predicted molar refractivity (Wildman–Crippen MR) is 118 cm³/mol. The lowest BCUT2D eigenvalue weighted by Gasteiger charge is -2.12. The van der Waals surface area contributed by atoms with Crippen LogP contribution >= 0.6 is 0 Å². The third-order valence-corrected chi connectivity index (χ3v) is 6.19. The maximum Gasteiger partial charge on any atom is 0.262 e. The van der Waals surface area contributed by atoms with E-state index in [1.54, 1.807) is 42.5 Å². The van der Waals surface area contributed by atoms with Crippen LogP contribution in [0.5, 0.6) is 11.5 Å². The highest BCUT2D eigenvalue weighted by Crippen LogP contribution is 2.32. The number of nitrogens with one attached hydrogen (secondary N) is 2. The number of ether oxygens (including phenoxy) is 2. The molecule has 0 bridgehead atoms. The van der Waals surface area contributed by atoms with Crippen molar-refractivity contribution in [3.05, 3.63) is 77.9 Å². The van der Waals surface area contributed by atoms with E-state index in [1.165, 1.54) is 12.1 Å².